The Hall–Kier alpha value is -0.650. The van der Waals surface area contributed by atoms with Crippen LogP contribution in [0.25, 0.3) is 0 Å². The van der Waals surface area contributed by atoms with Gasteiger partial charge in [-0.1, -0.05) is 0 Å². The minimum Gasteiger partial charge on any atom is -0.381 e. The van der Waals surface area contributed by atoms with Gasteiger partial charge >= 0.3 is 0 Å². The molecule has 5 nitrogen and oxygen atoms in total. The first-order valence-electron chi connectivity index (χ1n) is 5.86. The maximum Gasteiger partial charge on any atom is 0.250 e. The molecule has 1 aliphatic carbocycles. The van der Waals surface area contributed by atoms with E-state index in [2.05, 4.69) is 5.32 Å². The minimum atomic E-state index is -0.535. The molecule has 5 heteroatoms. The predicted octanol–water partition coefficient (Wildman–Crippen LogP) is -0.107. The number of carbonyl (C=O) groups is 1. The lowest BCUT2D eigenvalue weighted by atomic mass is 10.3. The molecular formula is C11H22N2O3. The van der Waals surface area contributed by atoms with E-state index < -0.39 is 6.10 Å². The zero-order chi connectivity index (χ0) is 11.8. The van der Waals surface area contributed by atoms with E-state index in [1.807, 2.05) is 0 Å². The summed E-state index contributed by atoms with van der Waals surface area (Å²) in [7, 11) is 1.48. The van der Waals surface area contributed by atoms with Crippen LogP contribution >= 0.6 is 0 Å². The summed E-state index contributed by atoms with van der Waals surface area (Å²) in [5.41, 5.74) is 5.37. The van der Waals surface area contributed by atoms with E-state index in [1.54, 1.807) is 0 Å². The van der Waals surface area contributed by atoms with Crippen LogP contribution in [0, 0.1) is 5.92 Å². The molecule has 0 spiro atoms. The summed E-state index contributed by atoms with van der Waals surface area (Å²) in [6, 6.07) is 0. The highest BCUT2D eigenvalue weighted by Gasteiger charge is 2.20. The molecule has 1 amide bonds. The second-order valence-electron chi connectivity index (χ2n) is 4.12. The largest absolute Gasteiger partial charge is 0.381 e. The lowest BCUT2D eigenvalue weighted by Gasteiger charge is -2.12. The van der Waals surface area contributed by atoms with E-state index in [0.717, 1.165) is 18.9 Å². The van der Waals surface area contributed by atoms with Crippen LogP contribution in [-0.2, 0) is 14.3 Å². The molecule has 0 aromatic carbocycles. The van der Waals surface area contributed by atoms with Gasteiger partial charge in [-0.3, -0.25) is 4.79 Å². The number of ether oxygens (including phenoxy) is 2. The number of nitrogens with two attached hydrogens (primary N) is 1. The Morgan fingerprint density at radius 2 is 2.31 bits per heavy atom. The van der Waals surface area contributed by atoms with E-state index in [-0.39, 0.29) is 12.5 Å². The van der Waals surface area contributed by atoms with Crippen molar-refractivity contribution in [3.8, 4) is 0 Å². The summed E-state index contributed by atoms with van der Waals surface area (Å²) in [4.78, 5) is 11.4. The molecule has 0 bridgehead atoms. The van der Waals surface area contributed by atoms with Crippen LogP contribution in [0.4, 0.5) is 0 Å². The summed E-state index contributed by atoms with van der Waals surface area (Å²) in [5, 5.41) is 2.76. The molecule has 3 N–H and O–H groups in total. The highest BCUT2D eigenvalue weighted by atomic mass is 16.5. The zero-order valence-electron chi connectivity index (χ0n) is 9.91. The van der Waals surface area contributed by atoms with Gasteiger partial charge in [-0.05, 0) is 25.2 Å². The molecule has 1 saturated carbocycles. The van der Waals surface area contributed by atoms with Crippen LogP contribution in [0.3, 0.4) is 0 Å². The molecule has 0 heterocycles. The van der Waals surface area contributed by atoms with Gasteiger partial charge in [-0.25, -0.2) is 0 Å². The molecule has 1 rings (SSSR count). The monoisotopic (exact) mass is 230 g/mol. The van der Waals surface area contributed by atoms with Crippen molar-refractivity contribution in [1.82, 2.24) is 5.32 Å². The number of carbonyl (C=O) groups excluding carboxylic acids is 1. The normalized spacial score (nSPS) is 17.1. The van der Waals surface area contributed by atoms with Crippen molar-refractivity contribution in [2.45, 2.75) is 25.4 Å². The Morgan fingerprint density at radius 1 is 1.56 bits per heavy atom. The third-order valence-electron chi connectivity index (χ3n) is 2.61. The number of methoxy groups -OCH3 is 1. The van der Waals surface area contributed by atoms with Crippen LogP contribution in [0.15, 0.2) is 0 Å². The summed E-state index contributed by atoms with van der Waals surface area (Å²) in [6.07, 6.45) is 2.91. The number of amides is 1. The average molecular weight is 230 g/mol. The molecule has 0 aromatic rings. The van der Waals surface area contributed by atoms with Gasteiger partial charge in [-0.15, -0.1) is 0 Å². The maximum atomic E-state index is 11.4. The molecule has 0 radical (unpaired) electrons. The fraction of sp³-hybridized carbons (Fsp3) is 0.909. The zero-order valence-corrected chi connectivity index (χ0v) is 9.91. The first kappa shape index (κ1) is 13.4. The van der Waals surface area contributed by atoms with Crippen molar-refractivity contribution in [2.24, 2.45) is 11.7 Å². The van der Waals surface area contributed by atoms with Crippen molar-refractivity contribution < 1.29 is 14.3 Å². The highest BCUT2D eigenvalue weighted by molar-refractivity contribution is 5.80. The molecule has 0 saturated heterocycles. The smallest absolute Gasteiger partial charge is 0.250 e. The summed E-state index contributed by atoms with van der Waals surface area (Å²) in [6.45, 7) is 2.40. The molecule has 1 fully saturated rings. The molecular weight excluding hydrogens is 208 g/mol. The minimum absolute atomic E-state index is 0.146. The SMILES string of the molecule is COC(CN)C(=O)NCCCOCC1CC1. The van der Waals surface area contributed by atoms with E-state index >= 15 is 0 Å². The lowest BCUT2D eigenvalue weighted by Crippen LogP contribution is -2.41. The Balaban J connectivity index is 1.90. The van der Waals surface area contributed by atoms with Crippen LogP contribution in [0.2, 0.25) is 0 Å². The molecule has 1 aliphatic rings. The van der Waals surface area contributed by atoms with Crippen molar-refractivity contribution >= 4 is 5.91 Å². The van der Waals surface area contributed by atoms with Gasteiger partial charge in [0.05, 0.1) is 0 Å². The quantitative estimate of drug-likeness (QED) is 0.542. The van der Waals surface area contributed by atoms with E-state index in [0.29, 0.717) is 13.2 Å². The standard InChI is InChI=1S/C11H22N2O3/c1-15-10(7-12)11(14)13-5-2-6-16-8-9-3-4-9/h9-10H,2-8,12H2,1H3,(H,13,14). The Labute approximate surface area is 96.7 Å². The fourth-order valence-corrected chi connectivity index (χ4v) is 1.34. The van der Waals surface area contributed by atoms with Gasteiger partial charge in [0.1, 0.15) is 6.10 Å². The molecule has 94 valence electrons. The Kier molecular flexibility index (Phi) is 6.37. The van der Waals surface area contributed by atoms with Crippen LogP contribution in [0.1, 0.15) is 19.3 Å². The summed E-state index contributed by atoms with van der Waals surface area (Å²) < 4.78 is 10.4. The van der Waals surface area contributed by atoms with Crippen molar-refractivity contribution in [2.75, 3.05) is 33.4 Å². The molecule has 0 aliphatic heterocycles. The Bertz CT molecular complexity index is 203. The first-order valence-corrected chi connectivity index (χ1v) is 5.86. The van der Waals surface area contributed by atoms with Gasteiger partial charge in [0.15, 0.2) is 0 Å². The fourth-order valence-electron chi connectivity index (χ4n) is 1.34. The van der Waals surface area contributed by atoms with Gasteiger partial charge in [-0.2, -0.15) is 0 Å². The van der Waals surface area contributed by atoms with Gasteiger partial charge < -0.3 is 20.5 Å². The highest BCUT2D eigenvalue weighted by Crippen LogP contribution is 2.28. The maximum absolute atomic E-state index is 11.4. The Morgan fingerprint density at radius 3 is 2.88 bits per heavy atom. The van der Waals surface area contributed by atoms with E-state index in [1.165, 1.54) is 20.0 Å². The molecule has 1 atom stereocenters. The predicted molar refractivity (Wildman–Crippen MR) is 61.0 cm³/mol. The van der Waals surface area contributed by atoms with Crippen LogP contribution in [-0.4, -0.2) is 45.4 Å². The van der Waals surface area contributed by atoms with E-state index in [9.17, 15) is 4.79 Å². The molecule has 16 heavy (non-hydrogen) atoms. The molecule has 0 aromatic heterocycles. The summed E-state index contributed by atoms with van der Waals surface area (Å²) in [5.74, 6) is 0.650. The molecule has 1 unspecified atom stereocenters. The first-order chi connectivity index (χ1) is 7.77. The van der Waals surface area contributed by atoms with Gasteiger partial charge in [0.2, 0.25) is 5.91 Å². The average Bonchev–Trinajstić information content (AvgIpc) is 3.09. The topological polar surface area (TPSA) is 73.6 Å². The van der Waals surface area contributed by atoms with Crippen molar-refractivity contribution in [3.05, 3.63) is 0 Å². The van der Waals surface area contributed by atoms with E-state index in [4.69, 9.17) is 15.2 Å². The second-order valence-corrected chi connectivity index (χ2v) is 4.12. The third kappa shape index (κ3) is 5.44. The second kappa shape index (κ2) is 7.60. The van der Waals surface area contributed by atoms with Crippen molar-refractivity contribution in [1.29, 1.82) is 0 Å². The summed E-state index contributed by atoms with van der Waals surface area (Å²) >= 11 is 0. The van der Waals surface area contributed by atoms with Crippen molar-refractivity contribution in [3.63, 3.8) is 0 Å². The van der Waals surface area contributed by atoms with Gasteiger partial charge in [0.25, 0.3) is 0 Å². The van der Waals surface area contributed by atoms with Crippen LogP contribution in [0.5, 0.6) is 0 Å². The lowest BCUT2D eigenvalue weighted by molar-refractivity contribution is -0.130. The number of hydrogen-bond donors (Lipinski definition) is 2. The number of rotatable bonds is 9. The third-order valence-corrected chi connectivity index (χ3v) is 2.61. The number of hydrogen-bond acceptors (Lipinski definition) is 4. The van der Waals surface area contributed by atoms with Crippen LogP contribution < -0.4 is 11.1 Å². The number of nitrogens with one attached hydrogen (secondary N) is 1. The van der Waals surface area contributed by atoms with Gasteiger partial charge in [0, 0.05) is 33.4 Å².